The fraction of sp³-hybridized carbons (Fsp3) is 0.100. The number of halogens is 1. The number of nitriles is 1. The summed E-state index contributed by atoms with van der Waals surface area (Å²) in [6.07, 6.45) is 1.40. The largest absolute Gasteiger partial charge is 0.382 e. The second kappa shape index (κ2) is 7.56. The lowest BCUT2D eigenvalue weighted by molar-refractivity contribution is 0.103. The number of allylic oxidation sites excluding steroid dienone is 1. The summed E-state index contributed by atoms with van der Waals surface area (Å²) in [5.74, 6) is -1.04. The molecule has 5 nitrogen and oxygen atoms in total. The van der Waals surface area contributed by atoms with Crippen LogP contribution in [-0.4, -0.2) is 33.0 Å². The summed E-state index contributed by atoms with van der Waals surface area (Å²) >= 11 is 0. The van der Waals surface area contributed by atoms with Crippen LogP contribution in [0.1, 0.15) is 10.5 Å². The molecule has 136 valence electrons. The highest BCUT2D eigenvalue weighted by molar-refractivity contribution is 7.83. The predicted molar refractivity (Wildman–Crippen MR) is 102 cm³/mol. The van der Waals surface area contributed by atoms with Crippen LogP contribution in [0.2, 0.25) is 0 Å². The van der Waals surface area contributed by atoms with Gasteiger partial charge in [-0.25, -0.2) is 8.60 Å². The van der Waals surface area contributed by atoms with E-state index in [-0.39, 0.29) is 11.3 Å². The van der Waals surface area contributed by atoms with E-state index in [1.165, 1.54) is 34.4 Å². The third-order valence-corrected chi connectivity index (χ3v) is 5.22. The Morgan fingerprint density at radius 1 is 1.19 bits per heavy atom. The van der Waals surface area contributed by atoms with E-state index in [0.29, 0.717) is 15.8 Å². The second-order valence-electron chi connectivity index (χ2n) is 6.04. The summed E-state index contributed by atoms with van der Waals surface area (Å²) in [5, 5.41) is 9.80. The van der Waals surface area contributed by atoms with Gasteiger partial charge in [-0.15, -0.1) is 0 Å². The van der Waals surface area contributed by atoms with Gasteiger partial charge in [-0.05, 0) is 36.4 Å². The van der Waals surface area contributed by atoms with Crippen LogP contribution in [0.5, 0.6) is 0 Å². The summed E-state index contributed by atoms with van der Waals surface area (Å²) in [5.41, 5.74) is 0.408. The van der Waals surface area contributed by atoms with E-state index in [0.717, 1.165) is 0 Å². The standard InChI is InChI=1S/C20H16FN3O2S/c1-23(2)13-15(12-22)20(25)19-11-14-10-16(21)8-9-18(14)24(19)27(26)17-6-4-3-5-7-17/h3-11,13H,1-2H3/b15-13+. The molecule has 1 aromatic heterocycles. The van der Waals surface area contributed by atoms with Crippen molar-refractivity contribution in [3.63, 3.8) is 0 Å². The number of benzene rings is 2. The van der Waals surface area contributed by atoms with Gasteiger partial charge >= 0.3 is 0 Å². The lowest BCUT2D eigenvalue weighted by atomic mass is 10.1. The number of nitrogens with zero attached hydrogens (tertiary/aromatic N) is 3. The molecule has 0 radical (unpaired) electrons. The minimum Gasteiger partial charge on any atom is -0.382 e. The molecule has 0 aliphatic rings. The molecule has 3 aromatic rings. The van der Waals surface area contributed by atoms with Crippen LogP contribution < -0.4 is 0 Å². The van der Waals surface area contributed by atoms with Crippen molar-refractivity contribution >= 4 is 27.7 Å². The van der Waals surface area contributed by atoms with Crippen molar-refractivity contribution in [2.75, 3.05) is 14.1 Å². The Labute approximate surface area is 158 Å². The van der Waals surface area contributed by atoms with E-state index in [2.05, 4.69) is 0 Å². The van der Waals surface area contributed by atoms with E-state index in [1.54, 1.807) is 49.3 Å². The SMILES string of the molecule is CN(C)/C=C(\C#N)C(=O)c1cc2cc(F)ccc2n1S(=O)c1ccccc1. The van der Waals surface area contributed by atoms with Crippen LogP contribution in [0, 0.1) is 17.1 Å². The van der Waals surface area contributed by atoms with Crippen molar-refractivity contribution in [1.29, 1.82) is 5.26 Å². The van der Waals surface area contributed by atoms with Crippen LogP contribution in [-0.2, 0) is 11.0 Å². The highest BCUT2D eigenvalue weighted by Crippen LogP contribution is 2.26. The average Bonchev–Trinajstić information content (AvgIpc) is 3.03. The Morgan fingerprint density at radius 2 is 1.89 bits per heavy atom. The summed E-state index contributed by atoms with van der Waals surface area (Å²) in [6, 6.07) is 16.0. The normalized spacial score (nSPS) is 12.6. The fourth-order valence-corrected chi connectivity index (χ4v) is 3.93. The molecule has 7 heteroatoms. The first-order valence-corrected chi connectivity index (χ1v) is 9.14. The third kappa shape index (κ3) is 3.66. The number of carbonyl (C=O) groups is 1. The van der Waals surface area contributed by atoms with Crippen LogP contribution in [0.15, 0.2) is 71.3 Å². The average molecular weight is 381 g/mol. The van der Waals surface area contributed by atoms with Gasteiger partial charge in [0.2, 0.25) is 5.78 Å². The zero-order valence-electron chi connectivity index (χ0n) is 14.7. The summed E-state index contributed by atoms with van der Waals surface area (Å²) in [7, 11) is 1.65. The Kier molecular flexibility index (Phi) is 5.19. The maximum atomic E-state index is 13.7. The Morgan fingerprint density at radius 3 is 2.52 bits per heavy atom. The van der Waals surface area contributed by atoms with Gasteiger partial charge in [0.25, 0.3) is 0 Å². The summed E-state index contributed by atoms with van der Waals surface area (Å²) in [4.78, 5) is 15.0. The molecule has 0 aliphatic heterocycles. The Bertz CT molecular complexity index is 1110. The maximum absolute atomic E-state index is 13.7. The summed E-state index contributed by atoms with van der Waals surface area (Å²) in [6.45, 7) is 0. The molecule has 1 unspecified atom stereocenters. The summed E-state index contributed by atoms with van der Waals surface area (Å²) < 4.78 is 28.2. The van der Waals surface area contributed by atoms with Crippen molar-refractivity contribution in [2.24, 2.45) is 0 Å². The molecule has 3 rings (SSSR count). The van der Waals surface area contributed by atoms with Crippen molar-refractivity contribution in [1.82, 2.24) is 8.87 Å². The molecule has 1 heterocycles. The first kappa shape index (κ1) is 18.5. The van der Waals surface area contributed by atoms with Crippen molar-refractivity contribution < 1.29 is 13.4 Å². The van der Waals surface area contributed by atoms with Crippen molar-refractivity contribution in [2.45, 2.75) is 4.90 Å². The van der Waals surface area contributed by atoms with Gasteiger partial charge in [-0.1, -0.05) is 18.2 Å². The molecule has 0 amide bonds. The van der Waals surface area contributed by atoms with Gasteiger partial charge < -0.3 is 4.90 Å². The predicted octanol–water partition coefficient (Wildman–Crippen LogP) is 3.50. The molecular weight excluding hydrogens is 365 g/mol. The van der Waals surface area contributed by atoms with Crippen molar-refractivity contribution in [3.05, 3.63) is 77.9 Å². The van der Waals surface area contributed by atoms with Gasteiger partial charge in [0.15, 0.2) is 11.0 Å². The lowest BCUT2D eigenvalue weighted by Crippen LogP contribution is -2.16. The molecule has 0 saturated carbocycles. The van der Waals surface area contributed by atoms with E-state index >= 15 is 0 Å². The van der Waals surface area contributed by atoms with Crippen LogP contribution in [0.4, 0.5) is 4.39 Å². The van der Waals surface area contributed by atoms with E-state index in [4.69, 9.17) is 0 Å². The smallest absolute Gasteiger partial charge is 0.222 e. The number of rotatable bonds is 5. The Balaban J connectivity index is 2.25. The first-order valence-electron chi connectivity index (χ1n) is 8.03. The number of aromatic nitrogens is 1. The zero-order valence-corrected chi connectivity index (χ0v) is 15.5. The number of carbonyl (C=O) groups excluding carboxylic acids is 1. The van der Waals surface area contributed by atoms with E-state index in [9.17, 15) is 18.7 Å². The molecule has 0 spiro atoms. The quantitative estimate of drug-likeness (QED) is 0.385. The number of ketones is 1. The fourth-order valence-electron chi connectivity index (χ4n) is 2.67. The van der Waals surface area contributed by atoms with Gasteiger partial charge in [0, 0.05) is 25.7 Å². The maximum Gasteiger partial charge on any atom is 0.222 e. The highest BCUT2D eigenvalue weighted by atomic mass is 32.2. The minimum absolute atomic E-state index is 0.0624. The topological polar surface area (TPSA) is 66.1 Å². The van der Waals surface area contributed by atoms with Crippen LogP contribution >= 0.6 is 0 Å². The molecule has 0 aliphatic carbocycles. The molecular formula is C20H16FN3O2S. The van der Waals surface area contributed by atoms with E-state index in [1.807, 2.05) is 6.07 Å². The van der Waals surface area contributed by atoms with Gasteiger partial charge in [-0.2, -0.15) is 5.26 Å². The second-order valence-corrected chi connectivity index (χ2v) is 7.37. The third-order valence-electron chi connectivity index (χ3n) is 3.82. The first-order chi connectivity index (χ1) is 12.9. The van der Waals surface area contributed by atoms with Crippen molar-refractivity contribution in [3.8, 4) is 6.07 Å². The molecule has 1 atom stereocenters. The number of hydrogen-bond acceptors (Lipinski definition) is 4. The van der Waals surface area contributed by atoms with E-state index < -0.39 is 22.6 Å². The molecule has 0 saturated heterocycles. The highest BCUT2D eigenvalue weighted by Gasteiger charge is 2.23. The molecule has 0 bridgehead atoms. The van der Waals surface area contributed by atoms with Gasteiger partial charge in [0.05, 0.1) is 10.4 Å². The molecule has 27 heavy (non-hydrogen) atoms. The number of fused-ring (bicyclic) bond motifs is 1. The molecule has 0 N–H and O–H groups in total. The van der Waals surface area contributed by atoms with Crippen LogP contribution in [0.25, 0.3) is 10.9 Å². The zero-order chi connectivity index (χ0) is 19.6. The van der Waals surface area contributed by atoms with Gasteiger partial charge in [-0.3, -0.25) is 8.77 Å². The molecule has 0 fully saturated rings. The minimum atomic E-state index is -1.74. The monoisotopic (exact) mass is 381 g/mol. The van der Waals surface area contributed by atoms with Crippen LogP contribution in [0.3, 0.4) is 0 Å². The number of Topliss-reactive ketones (excluding diaryl/α,β-unsaturated/α-hetero) is 1. The van der Waals surface area contributed by atoms with Gasteiger partial charge in [0.1, 0.15) is 23.2 Å². The number of hydrogen-bond donors (Lipinski definition) is 0. The molecule has 2 aromatic carbocycles. The Hall–Kier alpha value is -3.24. The lowest BCUT2D eigenvalue weighted by Gasteiger charge is -2.10.